The predicted molar refractivity (Wildman–Crippen MR) is 135 cm³/mol. The van der Waals surface area contributed by atoms with Crippen molar-refractivity contribution in [2.45, 2.75) is 63.3 Å². The van der Waals surface area contributed by atoms with Crippen LogP contribution in [0.25, 0.3) is 0 Å². The van der Waals surface area contributed by atoms with Gasteiger partial charge in [-0.25, -0.2) is 0 Å². The summed E-state index contributed by atoms with van der Waals surface area (Å²) in [5.41, 5.74) is 1.29. The van der Waals surface area contributed by atoms with Gasteiger partial charge in [0.1, 0.15) is 16.2 Å². The summed E-state index contributed by atoms with van der Waals surface area (Å²) in [6, 6.07) is 5.32. The lowest BCUT2D eigenvalue weighted by Gasteiger charge is -2.44. The van der Waals surface area contributed by atoms with E-state index in [2.05, 4.69) is 28.5 Å². The molecule has 1 aromatic carbocycles. The second kappa shape index (κ2) is 8.25. The molecule has 6 rings (SSSR count). The number of aliphatic hydroxyl groups is 1. The van der Waals surface area contributed by atoms with Gasteiger partial charge in [0.25, 0.3) is 15.9 Å². The van der Waals surface area contributed by atoms with Gasteiger partial charge in [0.05, 0.1) is 5.69 Å². The molecule has 4 atom stereocenters. The number of hydrogen-bond donors (Lipinski definition) is 2. The first-order valence-corrected chi connectivity index (χ1v) is 14.4. The quantitative estimate of drug-likeness (QED) is 0.638. The Morgan fingerprint density at radius 2 is 1.91 bits per heavy atom. The molecule has 1 aromatic rings. The standard InChI is InChI=1S/C26H34N4O4S/c1-15(2)9-12-30-23-17-6-5-16(13-17)21(23)24(31)22(26(30)32)25-27-19-8-7-18(29-10-3-4-11-29)14-20(19)35(33,34)28-25/h7-8,14-17,21,23,31H,3-6,9-13H2,1-2H3,(H,27,28)/t16-,17+,21?,23?/m0/s1. The minimum atomic E-state index is -4.03. The molecular weight excluding hydrogens is 464 g/mol. The molecule has 3 heterocycles. The fourth-order valence-electron chi connectivity index (χ4n) is 6.95. The maximum absolute atomic E-state index is 13.8. The van der Waals surface area contributed by atoms with E-state index in [1.54, 1.807) is 12.1 Å². The molecule has 0 spiro atoms. The Hall–Kier alpha value is -2.55. The molecule has 0 radical (unpaired) electrons. The van der Waals surface area contributed by atoms with Crippen molar-refractivity contribution in [3.05, 3.63) is 29.5 Å². The van der Waals surface area contributed by atoms with Crippen molar-refractivity contribution in [1.29, 1.82) is 0 Å². The molecule has 2 N–H and O–H groups in total. The lowest BCUT2D eigenvalue weighted by atomic mass is 9.77. The van der Waals surface area contributed by atoms with E-state index >= 15 is 0 Å². The molecule has 188 valence electrons. The third-order valence-electron chi connectivity index (χ3n) is 8.64. The van der Waals surface area contributed by atoms with Crippen LogP contribution in [0.4, 0.5) is 11.4 Å². The maximum atomic E-state index is 13.8. The van der Waals surface area contributed by atoms with E-state index < -0.39 is 10.0 Å². The monoisotopic (exact) mass is 498 g/mol. The topological polar surface area (TPSA) is 102 Å². The summed E-state index contributed by atoms with van der Waals surface area (Å²) >= 11 is 0. The molecule has 5 aliphatic rings. The van der Waals surface area contributed by atoms with E-state index in [4.69, 9.17) is 0 Å². The SMILES string of the molecule is CC(C)CCN1C(=O)C(C2=NS(=O)(=O)c3cc(N4CCCC4)ccc3N2)=C(O)C2C1[C@@H]1CC[C@H]2C1. The van der Waals surface area contributed by atoms with E-state index in [1.165, 1.54) is 0 Å². The molecule has 35 heavy (non-hydrogen) atoms. The number of sulfonamides is 1. The van der Waals surface area contributed by atoms with Gasteiger partial charge in [0.2, 0.25) is 0 Å². The molecule has 2 aliphatic carbocycles. The Morgan fingerprint density at radius 3 is 2.66 bits per heavy atom. The molecule has 0 aromatic heterocycles. The Balaban J connectivity index is 1.39. The first kappa shape index (κ1) is 22.9. The van der Waals surface area contributed by atoms with Gasteiger partial charge in [0, 0.05) is 37.3 Å². The lowest BCUT2D eigenvalue weighted by Crippen LogP contribution is -2.54. The number of aliphatic hydroxyl groups excluding tert-OH is 1. The second-order valence-corrected chi connectivity index (χ2v) is 12.8. The van der Waals surface area contributed by atoms with Gasteiger partial charge in [-0.05, 0) is 74.5 Å². The Kier molecular flexibility index (Phi) is 5.39. The number of amidine groups is 1. The molecule has 2 unspecified atom stereocenters. The van der Waals surface area contributed by atoms with Crippen molar-refractivity contribution in [3.63, 3.8) is 0 Å². The summed E-state index contributed by atoms with van der Waals surface area (Å²) < 4.78 is 30.6. The van der Waals surface area contributed by atoms with Crippen molar-refractivity contribution in [2.75, 3.05) is 29.9 Å². The van der Waals surface area contributed by atoms with Gasteiger partial charge < -0.3 is 20.2 Å². The van der Waals surface area contributed by atoms with Crippen molar-refractivity contribution < 1.29 is 18.3 Å². The number of hydrogen-bond acceptors (Lipinski definition) is 6. The van der Waals surface area contributed by atoms with Gasteiger partial charge in [-0.2, -0.15) is 8.42 Å². The van der Waals surface area contributed by atoms with Crippen LogP contribution in [0.5, 0.6) is 0 Å². The zero-order valence-corrected chi connectivity index (χ0v) is 21.2. The fraction of sp³-hybridized carbons (Fsp3) is 0.615. The van der Waals surface area contributed by atoms with Crippen LogP contribution in [-0.2, 0) is 14.8 Å². The highest BCUT2D eigenvalue weighted by atomic mass is 32.2. The van der Waals surface area contributed by atoms with Crippen LogP contribution in [0.1, 0.15) is 52.4 Å². The van der Waals surface area contributed by atoms with Gasteiger partial charge >= 0.3 is 0 Å². The minimum absolute atomic E-state index is 0.000136. The fourth-order valence-corrected chi connectivity index (χ4v) is 8.09. The number of rotatable bonds is 5. The Bertz CT molecular complexity index is 1230. The molecule has 8 nitrogen and oxygen atoms in total. The highest BCUT2D eigenvalue weighted by Crippen LogP contribution is 2.55. The number of nitrogens with zero attached hydrogens (tertiary/aromatic N) is 3. The van der Waals surface area contributed by atoms with Crippen LogP contribution in [0.2, 0.25) is 0 Å². The molecule has 2 saturated carbocycles. The summed E-state index contributed by atoms with van der Waals surface area (Å²) in [6.07, 6.45) is 6.18. The number of carbonyl (C=O) groups is 1. The number of fused-ring (bicyclic) bond motifs is 6. The third-order valence-corrected chi connectivity index (χ3v) is 9.96. The minimum Gasteiger partial charge on any atom is -0.511 e. The normalized spacial score (nSPS) is 31.1. The lowest BCUT2D eigenvalue weighted by molar-refractivity contribution is -0.133. The molecule has 1 saturated heterocycles. The highest BCUT2D eigenvalue weighted by molar-refractivity contribution is 7.90. The van der Waals surface area contributed by atoms with Crippen LogP contribution in [0.15, 0.2) is 38.8 Å². The van der Waals surface area contributed by atoms with Crippen LogP contribution >= 0.6 is 0 Å². The number of amides is 1. The van der Waals surface area contributed by atoms with Gasteiger partial charge in [-0.15, -0.1) is 4.40 Å². The Labute approximate surface area is 207 Å². The smallest absolute Gasteiger partial charge is 0.286 e. The molecule has 3 aliphatic heterocycles. The van der Waals surface area contributed by atoms with Crippen LogP contribution in [0, 0.1) is 23.7 Å². The summed E-state index contributed by atoms with van der Waals surface area (Å²) in [5.74, 6) is 0.682. The Morgan fingerprint density at radius 1 is 1.17 bits per heavy atom. The molecule has 3 fully saturated rings. The second-order valence-electron chi connectivity index (χ2n) is 11.2. The molecular formula is C26H34N4O4S. The van der Waals surface area contributed by atoms with Gasteiger partial charge in [-0.1, -0.05) is 13.8 Å². The molecule has 2 bridgehead atoms. The van der Waals surface area contributed by atoms with Crippen LogP contribution in [0.3, 0.4) is 0 Å². The largest absolute Gasteiger partial charge is 0.511 e. The van der Waals surface area contributed by atoms with E-state index in [0.29, 0.717) is 30.0 Å². The zero-order valence-electron chi connectivity index (χ0n) is 20.4. The van der Waals surface area contributed by atoms with Gasteiger partial charge in [-0.3, -0.25) is 4.79 Å². The van der Waals surface area contributed by atoms with Gasteiger partial charge in [0.15, 0.2) is 5.84 Å². The van der Waals surface area contributed by atoms with E-state index in [1.807, 2.05) is 11.0 Å². The summed E-state index contributed by atoms with van der Waals surface area (Å²) in [4.78, 5) is 18.0. The van der Waals surface area contributed by atoms with Crippen molar-refractivity contribution >= 4 is 33.1 Å². The molecule has 9 heteroatoms. The summed E-state index contributed by atoms with van der Waals surface area (Å²) in [7, 11) is -4.03. The van der Waals surface area contributed by atoms with Crippen molar-refractivity contribution in [1.82, 2.24) is 4.90 Å². The number of benzene rings is 1. The molecule has 1 amide bonds. The van der Waals surface area contributed by atoms with Crippen molar-refractivity contribution in [2.24, 2.45) is 28.1 Å². The maximum Gasteiger partial charge on any atom is 0.286 e. The van der Waals surface area contributed by atoms with E-state index in [0.717, 1.165) is 57.3 Å². The van der Waals surface area contributed by atoms with E-state index in [-0.39, 0.29) is 39.9 Å². The number of carbonyl (C=O) groups excluding carboxylic acids is 1. The number of anilines is 2. The average molecular weight is 499 g/mol. The predicted octanol–water partition coefficient (Wildman–Crippen LogP) is 3.91. The third kappa shape index (κ3) is 3.65. The average Bonchev–Trinajstić information content (AvgIpc) is 3.56. The zero-order chi connectivity index (χ0) is 24.5. The number of nitrogens with one attached hydrogen (secondary N) is 1. The summed E-state index contributed by atoms with van der Waals surface area (Å²) in [6.45, 7) is 6.69. The van der Waals surface area contributed by atoms with E-state index in [9.17, 15) is 18.3 Å². The highest BCUT2D eigenvalue weighted by Gasteiger charge is 2.57. The first-order chi connectivity index (χ1) is 16.7. The van der Waals surface area contributed by atoms with Crippen LogP contribution < -0.4 is 10.2 Å². The van der Waals surface area contributed by atoms with Crippen molar-refractivity contribution in [3.8, 4) is 0 Å². The summed E-state index contributed by atoms with van der Waals surface area (Å²) in [5, 5.41) is 14.5. The first-order valence-electron chi connectivity index (χ1n) is 13.0. The van der Waals surface area contributed by atoms with Crippen LogP contribution in [-0.4, -0.2) is 55.8 Å².